The molecule has 0 spiro atoms. The highest BCUT2D eigenvalue weighted by atomic mass is 16.5. The third kappa shape index (κ3) is 6.56. The van der Waals surface area contributed by atoms with Crippen LogP contribution in [0.4, 0.5) is 5.69 Å². The van der Waals surface area contributed by atoms with Crippen LogP contribution in [0.15, 0.2) is 83.9 Å². The van der Waals surface area contributed by atoms with Crippen molar-refractivity contribution in [1.82, 2.24) is 5.32 Å². The lowest BCUT2D eigenvalue weighted by atomic mass is 10.2. The van der Waals surface area contributed by atoms with E-state index in [0.717, 1.165) is 17.1 Å². The lowest BCUT2D eigenvalue weighted by molar-refractivity contribution is -0.119. The number of nitrogens with two attached hydrogens (primary N) is 1. The molecule has 7 nitrogen and oxygen atoms in total. The molecule has 4 N–H and O–H groups in total. The fourth-order valence-corrected chi connectivity index (χ4v) is 2.61. The summed E-state index contributed by atoms with van der Waals surface area (Å²) in [4.78, 5) is 16.1. The number of ether oxygens (including phenoxy) is 2. The number of carbonyl (C=O) groups excluding carboxylic acids is 1. The van der Waals surface area contributed by atoms with Gasteiger partial charge in [0.25, 0.3) is 0 Å². The molecule has 0 heterocycles. The summed E-state index contributed by atoms with van der Waals surface area (Å²) in [6, 6.07) is 24.3. The van der Waals surface area contributed by atoms with Gasteiger partial charge < -0.3 is 25.8 Å². The zero-order valence-electron chi connectivity index (χ0n) is 16.7. The fraction of sp³-hybridized carbons (Fsp3) is 0.130. The van der Waals surface area contributed by atoms with Crippen LogP contribution in [0.3, 0.4) is 0 Å². The van der Waals surface area contributed by atoms with Gasteiger partial charge in [-0.3, -0.25) is 4.79 Å². The Morgan fingerprint density at radius 3 is 2.40 bits per heavy atom. The van der Waals surface area contributed by atoms with E-state index in [0.29, 0.717) is 18.0 Å². The zero-order valence-corrected chi connectivity index (χ0v) is 16.7. The Morgan fingerprint density at radius 1 is 0.933 bits per heavy atom. The molecule has 0 radical (unpaired) electrons. The fourth-order valence-electron chi connectivity index (χ4n) is 2.61. The van der Waals surface area contributed by atoms with Crippen LogP contribution < -0.4 is 25.8 Å². The van der Waals surface area contributed by atoms with Gasteiger partial charge >= 0.3 is 0 Å². The second-order valence-corrected chi connectivity index (χ2v) is 6.39. The molecule has 0 aliphatic heterocycles. The molecule has 30 heavy (non-hydrogen) atoms. The van der Waals surface area contributed by atoms with Crippen molar-refractivity contribution in [2.75, 3.05) is 19.0 Å². The minimum atomic E-state index is -0.225. The molecule has 0 aliphatic rings. The van der Waals surface area contributed by atoms with Crippen molar-refractivity contribution in [1.29, 1.82) is 0 Å². The number of rotatable bonds is 8. The summed E-state index contributed by atoms with van der Waals surface area (Å²) in [6.07, 6.45) is 0. The SMILES string of the molecule is COc1ccc(CNC(=O)CN=C(N)Nc2cccc(Oc3ccccc3)c2)cc1. The van der Waals surface area contributed by atoms with Gasteiger partial charge in [-0.25, -0.2) is 4.99 Å². The lowest BCUT2D eigenvalue weighted by Crippen LogP contribution is -2.28. The number of guanidine groups is 1. The quantitative estimate of drug-likeness (QED) is 0.394. The molecular formula is C23H24N4O3. The first-order valence-electron chi connectivity index (χ1n) is 9.42. The molecule has 0 atom stereocenters. The predicted molar refractivity (Wildman–Crippen MR) is 118 cm³/mol. The van der Waals surface area contributed by atoms with Crippen molar-refractivity contribution < 1.29 is 14.3 Å². The molecule has 0 unspecified atom stereocenters. The summed E-state index contributed by atoms with van der Waals surface area (Å²) in [6.45, 7) is 0.333. The predicted octanol–water partition coefficient (Wildman–Crippen LogP) is 3.53. The van der Waals surface area contributed by atoms with Crippen LogP contribution >= 0.6 is 0 Å². The lowest BCUT2D eigenvalue weighted by Gasteiger charge is -2.09. The van der Waals surface area contributed by atoms with Gasteiger partial charge in [0.2, 0.25) is 5.91 Å². The number of amides is 1. The van der Waals surface area contributed by atoms with Gasteiger partial charge in [-0.15, -0.1) is 0 Å². The molecule has 3 rings (SSSR count). The summed E-state index contributed by atoms with van der Waals surface area (Å²) >= 11 is 0. The number of methoxy groups -OCH3 is 1. The summed E-state index contributed by atoms with van der Waals surface area (Å²) in [5, 5.41) is 5.77. The molecular weight excluding hydrogens is 380 g/mol. The van der Waals surface area contributed by atoms with Crippen LogP contribution in [0.1, 0.15) is 5.56 Å². The number of nitrogens with one attached hydrogen (secondary N) is 2. The van der Waals surface area contributed by atoms with Gasteiger partial charge in [-0.1, -0.05) is 36.4 Å². The Bertz CT molecular complexity index is 989. The molecule has 3 aromatic carbocycles. The van der Waals surface area contributed by atoms with Gasteiger partial charge in [0.15, 0.2) is 5.96 Å². The van der Waals surface area contributed by atoms with Gasteiger partial charge in [0, 0.05) is 18.3 Å². The minimum absolute atomic E-state index is 0.0742. The van der Waals surface area contributed by atoms with Crippen molar-refractivity contribution >= 4 is 17.6 Å². The smallest absolute Gasteiger partial charge is 0.242 e. The number of benzene rings is 3. The normalized spacial score (nSPS) is 10.9. The Kier molecular flexibility index (Phi) is 7.27. The van der Waals surface area contributed by atoms with Crippen molar-refractivity contribution in [2.24, 2.45) is 10.7 Å². The largest absolute Gasteiger partial charge is 0.497 e. The van der Waals surface area contributed by atoms with E-state index >= 15 is 0 Å². The summed E-state index contributed by atoms with van der Waals surface area (Å²) in [5.74, 6) is 2.09. The highest BCUT2D eigenvalue weighted by molar-refractivity contribution is 5.94. The average Bonchev–Trinajstić information content (AvgIpc) is 2.77. The number of hydrogen-bond acceptors (Lipinski definition) is 4. The molecule has 0 aromatic heterocycles. The van der Waals surface area contributed by atoms with Crippen molar-refractivity contribution in [2.45, 2.75) is 6.54 Å². The number of aliphatic imine (C=N–C) groups is 1. The second-order valence-electron chi connectivity index (χ2n) is 6.39. The second kappa shape index (κ2) is 10.5. The number of anilines is 1. The van der Waals surface area contributed by atoms with Crippen LogP contribution in [0, 0.1) is 0 Å². The Morgan fingerprint density at radius 2 is 1.67 bits per heavy atom. The van der Waals surface area contributed by atoms with Gasteiger partial charge in [0.1, 0.15) is 23.8 Å². The molecule has 0 saturated carbocycles. The van der Waals surface area contributed by atoms with E-state index in [-0.39, 0.29) is 18.4 Å². The number of hydrogen-bond donors (Lipinski definition) is 3. The Labute approximate surface area is 175 Å². The Balaban J connectivity index is 1.48. The van der Waals surface area contributed by atoms with Crippen molar-refractivity contribution in [3.63, 3.8) is 0 Å². The Hall–Kier alpha value is -4.00. The van der Waals surface area contributed by atoms with E-state index in [4.69, 9.17) is 15.2 Å². The third-order valence-corrected chi connectivity index (χ3v) is 4.13. The molecule has 0 bridgehead atoms. The van der Waals surface area contributed by atoms with Crippen LogP contribution in [0.5, 0.6) is 17.2 Å². The number of nitrogens with zero attached hydrogens (tertiary/aromatic N) is 1. The first-order valence-corrected chi connectivity index (χ1v) is 9.42. The van der Waals surface area contributed by atoms with Crippen LogP contribution in [0.2, 0.25) is 0 Å². The van der Waals surface area contributed by atoms with Crippen LogP contribution in [-0.2, 0) is 11.3 Å². The zero-order chi connectivity index (χ0) is 21.2. The average molecular weight is 404 g/mol. The van der Waals surface area contributed by atoms with Gasteiger partial charge in [0.05, 0.1) is 7.11 Å². The van der Waals surface area contributed by atoms with Crippen molar-refractivity contribution in [3.05, 3.63) is 84.4 Å². The maximum Gasteiger partial charge on any atom is 0.242 e. The molecule has 3 aromatic rings. The summed E-state index contributed by atoms with van der Waals surface area (Å²) in [5.41, 5.74) is 7.58. The maximum absolute atomic E-state index is 12.0. The van der Waals surface area contributed by atoms with Crippen LogP contribution in [-0.4, -0.2) is 25.5 Å². The highest BCUT2D eigenvalue weighted by Crippen LogP contribution is 2.23. The number of carbonyl (C=O) groups is 1. The van der Waals surface area contributed by atoms with Crippen molar-refractivity contribution in [3.8, 4) is 17.2 Å². The summed E-state index contributed by atoms with van der Waals surface area (Å²) in [7, 11) is 1.61. The van der Waals surface area contributed by atoms with E-state index in [1.54, 1.807) is 13.2 Å². The minimum Gasteiger partial charge on any atom is -0.497 e. The molecule has 7 heteroatoms. The molecule has 0 saturated heterocycles. The summed E-state index contributed by atoms with van der Waals surface area (Å²) < 4.78 is 10.9. The maximum atomic E-state index is 12.0. The van der Waals surface area contributed by atoms with Gasteiger partial charge in [-0.2, -0.15) is 0 Å². The van der Waals surface area contributed by atoms with E-state index in [1.807, 2.05) is 72.8 Å². The third-order valence-electron chi connectivity index (χ3n) is 4.13. The molecule has 0 aliphatic carbocycles. The molecule has 0 fully saturated rings. The molecule has 154 valence electrons. The van der Waals surface area contributed by atoms with Crippen LogP contribution in [0.25, 0.3) is 0 Å². The first kappa shape index (κ1) is 20.7. The van der Waals surface area contributed by atoms with E-state index < -0.39 is 0 Å². The highest BCUT2D eigenvalue weighted by Gasteiger charge is 2.03. The van der Waals surface area contributed by atoms with Gasteiger partial charge in [-0.05, 0) is 42.0 Å². The topological polar surface area (TPSA) is 98.0 Å². The number of para-hydroxylation sites is 1. The first-order chi connectivity index (χ1) is 14.6. The van der Waals surface area contributed by atoms with E-state index in [9.17, 15) is 4.79 Å². The monoisotopic (exact) mass is 404 g/mol. The van der Waals surface area contributed by atoms with E-state index in [1.165, 1.54) is 0 Å². The molecule has 1 amide bonds. The standard InChI is InChI=1S/C23H24N4O3/c1-29-19-12-10-17(11-13-19)15-25-22(28)16-26-23(24)27-18-6-5-9-21(14-18)30-20-7-3-2-4-8-20/h2-14H,15-16H2,1H3,(H,25,28)(H3,24,26,27). The van der Waals surface area contributed by atoms with E-state index in [2.05, 4.69) is 15.6 Å².